The Hall–Kier alpha value is -1.30. The van der Waals surface area contributed by atoms with Gasteiger partial charge in [-0.3, -0.25) is 0 Å². The van der Waals surface area contributed by atoms with E-state index in [1.807, 2.05) is 24.3 Å². The molecule has 1 aromatic heterocycles. The van der Waals surface area contributed by atoms with Gasteiger partial charge in [0.1, 0.15) is 11.2 Å². The molecule has 0 aliphatic carbocycles. The molecule has 3 aromatic rings. The number of hydrogen-bond acceptors (Lipinski definition) is 3. The molecule has 0 unspecified atom stereocenters. The first kappa shape index (κ1) is 10.8. The van der Waals surface area contributed by atoms with Crippen molar-refractivity contribution in [2.24, 2.45) is 0 Å². The largest absolute Gasteiger partial charge is 0.489 e. The maximum absolute atomic E-state index is 9.37. The Labute approximate surface area is 106 Å². The molecular weight excluding hydrogens is 283 g/mol. The van der Waals surface area contributed by atoms with E-state index in [1.165, 1.54) is 0 Å². The minimum atomic E-state index is -1.50. The molecule has 84 valence electrons. The fourth-order valence-corrected chi connectivity index (χ4v) is 2.40. The van der Waals surface area contributed by atoms with Gasteiger partial charge in [-0.15, -0.1) is 0 Å². The van der Waals surface area contributed by atoms with Crippen molar-refractivity contribution < 1.29 is 14.5 Å². The summed E-state index contributed by atoms with van der Waals surface area (Å²) in [5, 5.41) is 20.4. The van der Waals surface area contributed by atoms with Crippen LogP contribution in [-0.4, -0.2) is 17.2 Å². The zero-order valence-electron chi connectivity index (χ0n) is 8.72. The van der Waals surface area contributed by atoms with Crippen molar-refractivity contribution >= 4 is 50.4 Å². The van der Waals surface area contributed by atoms with Gasteiger partial charge in [-0.25, -0.2) is 0 Å². The highest BCUT2D eigenvalue weighted by molar-refractivity contribution is 9.10. The molecule has 2 aromatic carbocycles. The van der Waals surface area contributed by atoms with E-state index in [0.717, 1.165) is 20.8 Å². The van der Waals surface area contributed by atoms with E-state index in [2.05, 4.69) is 15.9 Å². The number of benzene rings is 2. The molecule has 0 amide bonds. The summed E-state index contributed by atoms with van der Waals surface area (Å²) >= 11 is 3.40. The topological polar surface area (TPSA) is 53.6 Å². The van der Waals surface area contributed by atoms with Crippen LogP contribution >= 0.6 is 15.9 Å². The van der Waals surface area contributed by atoms with Crippen LogP contribution in [0.25, 0.3) is 21.9 Å². The van der Waals surface area contributed by atoms with Gasteiger partial charge in [-0.2, -0.15) is 0 Å². The summed E-state index contributed by atoms with van der Waals surface area (Å²) in [5.74, 6) is 0. The molecule has 0 aliphatic rings. The fraction of sp³-hybridized carbons (Fsp3) is 0. The standard InChI is InChI=1S/C12H8BBrO3/c14-7-4-5-10-8(6-7)12-9(13(15)16)2-1-3-11(12)17-10/h1-6,15-16H. The molecule has 0 fully saturated rings. The molecule has 5 heteroatoms. The predicted octanol–water partition coefficient (Wildman–Crippen LogP) is 2.03. The SMILES string of the molecule is OB(O)c1cccc2oc3ccc(Br)cc3c12. The van der Waals surface area contributed by atoms with Crippen LogP contribution in [0.4, 0.5) is 0 Å². The van der Waals surface area contributed by atoms with Gasteiger partial charge in [0.15, 0.2) is 0 Å². The molecule has 0 saturated heterocycles. The van der Waals surface area contributed by atoms with Crippen LogP contribution in [0.1, 0.15) is 0 Å². The number of fused-ring (bicyclic) bond motifs is 3. The molecular formula is C12H8BBrO3. The van der Waals surface area contributed by atoms with Crippen LogP contribution in [0.3, 0.4) is 0 Å². The summed E-state index contributed by atoms with van der Waals surface area (Å²) in [4.78, 5) is 0. The van der Waals surface area contributed by atoms with Crippen LogP contribution in [0.15, 0.2) is 45.3 Å². The first-order valence-electron chi connectivity index (χ1n) is 5.13. The van der Waals surface area contributed by atoms with Gasteiger partial charge in [-0.1, -0.05) is 28.1 Å². The fourth-order valence-electron chi connectivity index (χ4n) is 2.04. The maximum Gasteiger partial charge on any atom is 0.489 e. The third-order valence-corrected chi connectivity index (χ3v) is 3.26. The van der Waals surface area contributed by atoms with E-state index >= 15 is 0 Å². The number of hydrogen-bond donors (Lipinski definition) is 2. The molecule has 0 bridgehead atoms. The van der Waals surface area contributed by atoms with Gasteiger partial charge in [0, 0.05) is 15.2 Å². The van der Waals surface area contributed by atoms with Gasteiger partial charge in [0.05, 0.1) is 0 Å². The molecule has 3 rings (SSSR count). The first-order valence-corrected chi connectivity index (χ1v) is 5.93. The minimum absolute atomic E-state index is 0.458. The number of halogens is 1. The summed E-state index contributed by atoms with van der Waals surface area (Å²) in [6.07, 6.45) is 0. The van der Waals surface area contributed by atoms with E-state index < -0.39 is 7.12 Å². The quantitative estimate of drug-likeness (QED) is 0.674. The van der Waals surface area contributed by atoms with Crippen molar-refractivity contribution in [2.75, 3.05) is 0 Å². The van der Waals surface area contributed by atoms with Gasteiger partial charge in [0.25, 0.3) is 0 Å². The van der Waals surface area contributed by atoms with E-state index in [0.29, 0.717) is 11.0 Å². The van der Waals surface area contributed by atoms with Crippen LogP contribution < -0.4 is 5.46 Å². The summed E-state index contributed by atoms with van der Waals surface area (Å²) in [5.41, 5.74) is 1.85. The lowest BCUT2D eigenvalue weighted by atomic mass is 9.77. The summed E-state index contributed by atoms with van der Waals surface area (Å²) in [6, 6.07) is 10.9. The molecule has 0 radical (unpaired) electrons. The average Bonchev–Trinajstić information content (AvgIpc) is 2.66. The Balaban J connectivity index is 2.51. The van der Waals surface area contributed by atoms with Crippen LogP contribution in [0.5, 0.6) is 0 Å². The first-order chi connectivity index (χ1) is 8.16. The van der Waals surface area contributed by atoms with Gasteiger partial charge < -0.3 is 14.5 Å². The van der Waals surface area contributed by atoms with Crippen molar-refractivity contribution in [3.63, 3.8) is 0 Å². The van der Waals surface area contributed by atoms with E-state index in [4.69, 9.17) is 4.42 Å². The van der Waals surface area contributed by atoms with Crippen LogP contribution in [0.2, 0.25) is 0 Å². The summed E-state index contributed by atoms with van der Waals surface area (Å²) < 4.78 is 6.58. The zero-order valence-corrected chi connectivity index (χ0v) is 10.3. The normalized spacial score (nSPS) is 11.2. The third-order valence-electron chi connectivity index (χ3n) is 2.77. The Kier molecular flexibility index (Phi) is 2.47. The average molecular weight is 291 g/mol. The Morgan fingerprint density at radius 3 is 2.65 bits per heavy atom. The zero-order chi connectivity index (χ0) is 12.0. The Morgan fingerprint density at radius 2 is 1.88 bits per heavy atom. The molecule has 17 heavy (non-hydrogen) atoms. The van der Waals surface area contributed by atoms with Crippen molar-refractivity contribution in [2.45, 2.75) is 0 Å². The van der Waals surface area contributed by atoms with E-state index in [1.54, 1.807) is 12.1 Å². The maximum atomic E-state index is 9.37. The highest BCUT2D eigenvalue weighted by Gasteiger charge is 2.18. The molecule has 0 spiro atoms. The summed E-state index contributed by atoms with van der Waals surface area (Å²) in [7, 11) is -1.50. The predicted molar refractivity (Wildman–Crippen MR) is 71.2 cm³/mol. The lowest BCUT2D eigenvalue weighted by Crippen LogP contribution is -2.30. The third kappa shape index (κ3) is 1.67. The summed E-state index contributed by atoms with van der Waals surface area (Å²) in [6.45, 7) is 0. The van der Waals surface area contributed by atoms with Crippen LogP contribution in [0, 0.1) is 0 Å². The molecule has 1 heterocycles. The second-order valence-electron chi connectivity index (χ2n) is 3.84. The van der Waals surface area contributed by atoms with Crippen molar-refractivity contribution in [1.82, 2.24) is 0 Å². The van der Waals surface area contributed by atoms with Crippen molar-refractivity contribution in [3.05, 3.63) is 40.9 Å². The second kappa shape index (κ2) is 3.87. The van der Waals surface area contributed by atoms with Gasteiger partial charge in [-0.05, 0) is 29.7 Å². The molecule has 0 saturated carbocycles. The highest BCUT2D eigenvalue weighted by Crippen LogP contribution is 2.29. The molecule has 0 aliphatic heterocycles. The lowest BCUT2D eigenvalue weighted by molar-refractivity contribution is 0.426. The number of rotatable bonds is 1. The Morgan fingerprint density at radius 1 is 1.06 bits per heavy atom. The molecule has 3 nitrogen and oxygen atoms in total. The Bertz CT molecular complexity index is 705. The van der Waals surface area contributed by atoms with Crippen LogP contribution in [-0.2, 0) is 0 Å². The number of furan rings is 1. The van der Waals surface area contributed by atoms with E-state index in [9.17, 15) is 10.0 Å². The monoisotopic (exact) mass is 290 g/mol. The van der Waals surface area contributed by atoms with Crippen molar-refractivity contribution in [1.29, 1.82) is 0 Å². The molecule has 0 atom stereocenters. The van der Waals surface area contributed by atoms with E-state index in [-0.39, 0.29) is 0 Å². The van der Waals surface area contributed by atoms with Gasteiger partial charge in [0.2, 0.25) is 0 Å². The highest BCUT2D eigenvalue weighted by atomic mass is 79.9. The minimum Gasteiger partial charge on any atom is -0.456 e. The molecule has 2 N–H and O–H groups in total. The smallest absolute Gasteiger partial charge is 0.456 e. The lowest BCUT2D eigenvalue weighted by Gasteiger charge is -2.00. The van der Waals surface area contributed by atoms with Gasteiger partial charge >= 0.3 is 7.12 Å². The van der Waals surface area contributed by atoms with Crippen molar-refractivity contribution in [3.8, 4) is 0 Å². The second-order valence-corrected chi connectivity index (χ2v) is 4.75.